The molecule has 1 aromatic carbocycles. The number of nitrogens with zero attached hydrogens (tertiary/aromatic N) is 1. The van der Waals surface area contributed by atoms with Crippen molar-refractivity contribution in [1.29, 1.82) is 0 Å². The summed E-state index contributed by atoms with van der Waals surface area (Å²) in [4.78, 5) is 2.61. The van der Waals surface area contributed by atoms with Crippen LogP contribution in [0.25, 0.3) is 0 Å². The van der Waals surface area contributed by atoms with Gasteiger partial charge in [0.05, 0.1) is 7.11 Å². The van der Waals surface area contributed by atoms with E-state index in [1.165, 1.54) is 24.9 Å². The SMILES string of the molecule is CCCNC1CCN(Cc2ccc(OC)cc2)C(C)C1C. The molecule has 1 aliphatic rings. The van der Waals surface area contributed by atoms with E-state index in [-0.39, 0.29) is 0 Å². The normalized spacial score (nSPS) is 26.8. The Morgan fingerprint density at radius 3 is 2.57 bits per heavy atom. The molecule has 3 atom stereocenters. The molecule has 1 heterocycles. The lowest BCUT2D eigenvalue weighted by molar-refractivity contribution is 0.0785. The van der Waals surface area contributed by atoms with Gasteiger partial charge in [-0.1, -0.05) is 26.0 Å². The minimum atomic E-state index is 0.621. The average Bonchev–Trinajstić information content (AvgIpc) is 2.52. The number of likely N-dealkylation sites (tertiary alicyclic amines) is 1. The third-order valence-electron chi connectivity index (χ3n) is 4.90. The first-order valence-electron chi connectivity index (χ1n) is 8.26. The van der Waals surface area contributed by atoms with Gasteiger partial charge in [0.1, 0.15) is 5.75 Å². The van der Waals surface area contributed by atoms with Crippen LogP contribution in [0.2, 0.25) is 0 Å². The summed E-state index contributed by atoms with van der Waals surface area (Å²) < 4.78 is 5.23. The molecule has 0 radical (unpaired) electrons. The second-order valence-corrected chi connectivity index (χ2v) is 6.27. The fourth-order valence-corrected chi connectivity index (χ4v) is 3.25. The molecule has 1 saturated heterocycles. The van der Waals surface area contributed by atoms with E-state index in [2.05, 4.69) is 55.3 Å². The third-order valence-corrected chi connectivity index (χ3v) is 4.90. The van der Waals surface area contributed by atoms with Gasteiger partial charge in [-0.15, -0.1) is 0 Å². The Kier molecular flexibility index (Phi) is 6.07. The molecule has 2 rings (SSSR count). The third kappa shape index (κ3) is 4.21. The van der Waals surface area contributed by atoms with Gasteiger partial charge < -0.3 is 10.1 Å². The highest BCUT2D eigenvalue weighted by Crippen LogP contribution is 2.25. The highest BCUT2D eigenvalue weighted by Gasteiger charge is 2.31. The molecular formula is C18H30N2O. The van der Waals surface area contributed by atoms with Gasteiger partial charge in [-0.25, -0.2) is 0 Å². The van der Waals surface area contributed by atoms with E-state index in [4.69, 9.17) is 4.74 Å². The number of rotatable bonds is 6. The van der Waals surface area contributed by atoms with Crippen LogP contribution in [0.5, 0.6) is 5.75 Å². The summed E-state index contributed by atoms with van der Waals surface area (Å²) in [6, 6.07) is 9.76. The van der Waals surface area contributed by atoms with Crippen LogP contribution < -0.4 is 10.1 Å². The predicted octanol–water partition coefficient (Wildman–Crippen LogP) is 3.29. The van der Waals surface area contributed by atoms with Gasteiger partial charge in [0, 0.05) is 25.2 Å². The first-order chi connectivity index (χ1) is 10.2. The molecule has 1 aromatic rings. The predicted molar refractivity (Wildman–Crippen MR) is 88.7 cm³/mol. The van der Waals surface area contributed by atoms with Crippen LogP contribution in [-0.4, -0.2) is 37.2 Å². The Labute approximate surface area is 129 Å². The Morgan fingerprint density at radius 1 is 1.24 bits per heavy atom. The highest BCUT2D eigenvalue weighted by molar-refractivity contribution is 5.27. The zero-order valence-electron chi connectivity index (χ0n) is 13.9. The molecular weight excluding hydrogens is 260 g/mol. The maximum absolute atomic E-state index is 5.23. The largest absolute Gasteiger partial charge is 0.497 e. The standard InChI is InChI=1S/C18H30N2O/c1-5-11-19-18-10-12-20(15(3)14(18)2)13-16-6-8-17(21-4)9-7-16/h6-9,14-15,18-19H,5,10-13H2,1-4H3. The molecule has 3 nitrogen and oxygen atoms in total. The number of hydrogen-bond acceptors (Lipinski definition) is 3. The van der Waals surface area contributed by atoms with E-state index < -0.39 is 0 Å². The van der Waals surface area contributed by atoms with Crippen molar-refractivity contribution in [3.8, 4) is 5.75 Å². The molecule has 0 bridgehead atoms. The van der Waals surface area contributed by atoms with E-state index in [1.54, 1.807) is 7.11 Å². The van der Waals surface area contributed by atoms with Crippen LogP contribution in [0.1, 0.15) is 39.2 Å². The molecule has 1 aliphatic heterocycles. The lowest BCUT2D eigenvalue weighted by Gasteiger charge is -2.43. The average molecular weight is 290 g/mol. The summed E-state index contributed by atoms with van der Waals surface area (Å²) in [5, 5.41) is 3.71. The summed E-state index contributed by atoms with van der Waals surface area (Å²) in [5.74, 6) is 1.63. The second kappa shape index (κ2) is 7.81. The number of nitrogens with one attached hydrogen (secondary N) is 1. The van der Waals surface area contributed by atoms with Gasteiger partial charge in [-0.05, 0) is 49.9 Å². The van der Waals surface area contributed by atoms with Crippen molar-refractivity contribution in [2.75, 3.05) is 20.2 Å². The Hall–Kier alpha value is -1.06. The molecule has 1 N–H and O–H groups in total. The molecule has 0 amide bonds. The van der Waals surface area contributed by atoms with Crippen molar-refractivity contribution in [2.24, 2.45) is 5.92 Å². The maximum atomic E-state index is 5.23. The quantitative estimate of drug-likeness (QED) is 0.870. The summed E-state index contributed by atoms with van der Waals surface area (Å²) in [6.45, 7) is 10.3. The van der Waals surface area contributed by atoms with E-state index in [0.29, 0.717) is 18.0 Å². The summed E-state index contributed by atoms with van der Waals surface area (Å²) in [7, 11) is 1.72. The first-order valence-corrected chi connectivity index (χ1v) is 8.26. The number of benzene rings is 1. The second-order valence-electron chi connectivity index (χ2n) is 6.27. The molecule has 118 valence electrons. The minimum Gasteiger partial charge on any atom is -0.497 e. The van der Waals surface area contributed by atoms with Crippen LogP contribution in [0.4, 0.5) is 0 Å². The molecule has 3 heteroatoms. The molecule has 21 heavy (non-hydrogen) atoms. The van der Waals surface area contributed by atoms with Crippen LogP contribution in [0.3, 0.4) is 0 Å². The summed E-state index contributed by atoms with van der Waals surface area (Å²) >= 11 is 0. The Morgan fingerprint density at radius 2 is 1.95 bits per heavy atom. The van der Waals surface area contributed by atoms with Gasteiger partial charge in [-0.2, -0.15) is 0 Å². The Balaban J connectivity index is 1.92. The van der Waals surface area contributed by atoms with Gasteiger partial charge in [0.25, 0.3) is 0 Å². The fourth-order valence-electron chi connectivity index (χ4n) is 3.25. The van der Waals surface area contributed by atoms with Crippen molar-refractivity contribution >= 4 is 0 Å². The van der Waals surface area contributed by atoms with Crippen molar-refractivity contribution < 1.29 is 4.74 Å². The number of hydrogen-bond donors (Lipinski definition) is 1. The summed E-state index contributed by atoms with van der Waals surface area (Å²) in [6.07, 6.45) is 2.47. The molecule has 3 unspecified atom stereocenters. The van der Waals surface area contributed by atoms with Gasteiger partial charge >= 0.3 is 0 Å². The number of ether oxygens (including phenoxy) is 1. The van der Waals surface area contributed by atoms with Crippen LogP contribution in [0, 0.1) is 5.92 Å². The fraction of sp³-hybridized carbons (Fsp3) is 0.667. The zero-order valence-corrected chi connectivity index (χ0v) is 13.9. The molecule has 0 spiro atoms. The summed E-state index contributed by atoms with van der Waals surface area (Å²) in [5.41, 5.74) is 1.37. The van der Waals surface area contributed by atoms with Crippen molar-refractivity contribution in [3.63, 3.8) is 0 Å². The molecule has 0 saturated carbocycles. The smallest absolute Gasteiger partial charge is 0.118 e. The maximum Gasteiger partial charge on any atom is 0.118 e. The minimum absolute atomic E-state index is 0.621. The van der Waals surface area contributed by atoms with Crippen LogP contribution in [-0.2, 0) is 6.54 Å². The van der Waals surface area contributed by atoms with E-state index in [1.807, 2.05) is 0 Å². The van der Waals surface area contributed by atoms with Crippen molar-refractivity contribution in [3.05, 3.63) is 29.8 Å². The molecule has 1 fully saturated rings. The Bertz CT molecular complexity index is 418. The van der Waals surface area contributed by atoms with Crippen LogP contribution >= 0.6 is 0 Å². The number of methoxy groups -OCH3 is 1. The van der Waals surface area contributed by atoms with Gasteiger partial charge in [0.15, 0.2) is 0 Å². The van der Waals surface area contributed by atoms with Gasteiger partial charge in [-0.3, -0.25) is 4.90 Å². The number of piperidine rings is 1. The van der Waals surface area contributed by atoms with E-state index in [9.17, 15) is 0 Å². The van der Waals surface area contributed by atoms with E-state index in [0.717, 1.165) is 18.8 Å². The van der Waals surface area contributed by atoms with Crippen molar-refractivity contribution in [2.45, 2.75) is 52.2 Å². The monoisotopic (exact) mass is 290 g/mol. The lowest BCUT2D eigenvalue weighted by Crippen LogP contribution is -2.53. The topological polar surface area (TPSA) is 24.5 Å². The van der Waals surface area contributed by atoms with Crippen molar-refractivity contribution in [1.82, 2.24) is 10.2 Å². The van der Waals surface area contributed by atoms with Gasteiger partial charge in [0.2, 0.25) is 0 Å². The first kappa shape index (κ1) is 16.3. The zero-order chi connectivity index (χ0) is 15.2. The molecule has 0 aliphatic carbocycles. The van der Waals surface area contributed by atoms with E-state index >= 15 is 0 Å². The lowest BCUT2D eigenvalue weighted by atomic mass is 9.86. The van der Waals surface area contributed by atoms with Crippen LogP contribution in [0.15, 0.2) is 24.3 Å². The molecule has 0 aromatic heterocycles. The highest BCUT2D eigenvalue weighted by atomic mass is 16.5.